The fourth-order valence-corrected chi connectivity index (χ4v) is 5.04. The Labute approximate surface area is 213 Å². The second kappa shape index (κ2) is 10.6. The van der Waals surface area contributed by atoms with Crippen molar-refractivity contribution in [1.82, 2.24) is 30.5 Å². The van der Waals surface area contributed by atoms with Gasteiger partial charge < -0.3 is 15.5 Å². The van der Waals surface area contributed by atoms with Crippen LogP contribution in [0.1, 0.15) is 34.8 Å². The lowest BCUT2D eigenvalue weighted by Gasteiger charge is -2.37. The summed E-state index contributed by atoms with van der Waals surface area (Å²) < 4.78 is 27.8. The average Bonchev–Trinajstić information content (AvgIpc) is 2.90. The van der Waals surface area contributed by atoms with Crippen LogP contribution in [0.3, 0.4) is 0 Å². The summed E-state index contributed by atoms with van der Waals surface area (Å²) in [6.45, 7) is 4.01. The van der Waals surface area contributed by atoms with E-state index in [2.05, 4.69) is 30.5 Å². The van der Waals surface area contributed by atoms with Crippen molar-refractivity contribution >= 4 is 34.4 Å². The van der Waals surface area contributed by atoms with Crippen molar-refractivity contribution in [2.45, 2.75) is 24.8 Å². The van der Waals surface area contributed by atoms with E-state index in [0.29, 0.717) is 27.4 Å². The smallest absolute Gasteiger partial charge is 0.253 e. The van der Waals surface area contributed by atoms with Gasteiger partial charge in [0.05, 0.1) is 22.1 Å². The molecule has 2 N–H and O–H groups in total. The van der Waals surface area contributed by atoms with Crippen molar-refractivity contribution in [2.24, 2.45) is 0 Å². The number of alkyl halides is 2. The second-order valence-corrected chi connectivity index (χ2v) is 9.57. The molecule has 0 aliphatic carbocycles. The van der Waals surface area contributed by atoms with Gasteiger partial charge in [-0.1, -0.05) is 17.7 Å². The molecule has 2 aliphatic heterocycles. The van der Waals surface area contributed by atoms with Crippen LogP contribution in [0.4, 0.5) is 14.7 Å². The van der Waals surface area contributed by atoms with E-state index in [0.717, 1.165) is 31.7 Å². The van der Waals surface area contributed by atoms with Gasteiger partial charge in [0.15, 0.2) is 0 Å². The molecule has 1 unspecified atom stereocenters. The molecule has 0 saturated carbocycles. The number of nitrogens with one attached hydrogen (secondary N) is 2. The number of benzene rings is 1. The van der Waals surface area contributed by atoms with E-state index >= 15 is 0 Å². The van der Waals surface area contributed by atoms with E-state index in [1.54, 1.807) is 42.9 Å². The van der Waals surface area contributed by atoms with Crippen molar-refractivity contribution in [1.29, 1.82) is 0 Å². The monoisotopic (exact) mass is 515 g/mol. The van der Waals surface area contributed by atoms with Gasteiger partial charge in [-0.15, -0.1) is 0 Å². The summed E-state index contributed by atoms with van der Waals surface area (Å²) in [5.41, 5.74) is 1.78. The van der Waals surface area contributed by atoms with Crippen LogP contribution in [0.5, 0.6) is 0 Å². The quantitative estimate of drug-likeness (QED) is 0.521. The standard InChI is InChI=1S/C25H28ClF2N7O/c26-19-3-4-20-18(2-1-7-30-20)22(19)23(36)31-16-21(34-10-5-25(27,28)6-11-34)17-14-32-24(33-15-17)35-12-8-29-9-13-35/h1-4,7,14-15,21,29H,5-6,8-13,16H2,(H,31,36). The molecule has 5 rings (SSSR count). The fraction of sp³-hybridized carbons (Fsp3) is 0.440. The lowest BCUT2D eigenvalue weighted by molar-refractivity contribution is -0.0632. The Kier molecular flexibility index (Phi) is 7.27. The number of nitrogens with zero attached hydrogens (tertiary/aromatic N) is 5. The molecule has 1 aromatic carbocycles. The number of hydrogen-bond acceptors (Lipinski definition) is 7. The van der Waals surface area contributed by atoms with Crippen LogP contribution in [0, 0.1) is 0 Å². The number of fused-ring (bicyclic) bond motifs is 1. The Morgan fingerprint density at radius 3 is 2.53 bits per heavy atom. The zero-order valence-electron chi connectivity index (χ0n) is 19.8. The first-order valence-corrected chi connectivity index (χ1v) is 12.5. The number of halogens is 3. The third kappa shape index (κ3) is 5.40. The second-order valence-electron chi connectivity index (χ2n) is 9.16. The molecule has 2 fully saturated rings. The van der Waals surface area contributed by atoms with Crippen LogP contribution < -0.4 is 15.5 Å². The number of hydrogen-bond donors (Lipinski definition) is 2. The average molecular weight is 516 g/mol. The number of piperazine rings is 1. The molecule has 1 atom stereocenters. The molecule has 2 saturated heterocycles. The van der Waals surface area contributed by atoms with Gasteiger partial charge >= 0.3 is 0 Å². The SMILES string of the molecule is O=C(NCC(c1cnc(N2CCNCC2)nc1)N1CCC(F)(F)CC1)c1c(Cl)ccc2ncccc12. The van der Waals surface area contributed by atoms with E-state index < -0.39 is 5.92 Å². The number of carbonyl (C=O) groups excluding carboxylic acids is 1. The van der Waals surface area contributed by atoms with Gasteiger partial charge in [-0.05, 0) is 18.2 Å². The number of amides is 1. The zero-order chi connectivity index (χ0) is 25.1. The highest BCUT2D eigenvalue weighted by atomic mass is 35.5. The van der Waals surface area contributed by atoms with Crippen molar-refractivity contribution < 1.29 is 13.6 Å². The maximum absolute atomic E-state index is 13.9. The van der Waals surface area contributed by atoms with Crippen LogP contribution in [0.2, 0.25) is 5.02 Å². The summed E-state index contributed by atoms with van der Waals surface area (Å²) in [6, 6.07) is 6.62. The highest BCUT2D eigenvalue weighted by Crippen LogP contribution is 2.32. The van der Waals surface area contributed by atoms with Crippen LogP contribution in [0.25, 0.3) is 10.9 Å². The minimum absolute atomic E-state index is 0.202. The maximum atomic E-state index is 13.9. The molecule has 1 amide bonds. The first-order valence-electron chi connectivity index (χ1n) is 12.1. The van der Waals surface area contributed by atoms with E-state index in [-0.39, 0.29) is 44.4 Å². The highest BCUT2D eigenvalue weighted by molar-refractivity contribution is 6.35. The van der Waals surface area contributed by atoms with Crippen molar-refractivity contribution in [3.8, 4) is 0 Å². The lowest BCUT2D eigenvalue weighted by atomic mass is 10.0. The highest BCUT2D eigenvalue weighted by Gasteiger charge is 2.37. The molecule has 11 heteroatoms. The first kappa shape index (κ1) is 24.7. The number of pyridine rings is 1. The van der Waals surface area contributed by atoms with Crippen LogP contribution in [-0.2, 0) is 0 Å². The van der Waals surface area contributed by atoms with E-state index in [4.69, 9.17) is 11.6 Å². The molecule has 2 aliphatic rings. The molecule has 4 heterocycles. The minimum atomic E-state index is -2.67. The Bertz CT molecular complexity index is 1210. The van der Waals surface area contributed by atoms with Crippen molar-refractivity contribution in [3.63, 3.8) is 0 Å². The third-order valence-corrected chi connectivity index (χ3v) is 7.15. The molecule has 36 heavy (non-hydrogen) atoms. The summed E-state index contributed by atoms with van der Waals surface area (Å²) in [6.07, 6.45) is 4.69. The first-order chi connectivity index (χ1) is 17.4. The molecule has 0 radical (unpaired) electrons. The normalized spacial score (nSPS) is 19.2. The van der Waals surface area contributed by atoms with Gasteiger partial charge in [0.25, 0.3) is 11.8 Å². The summed E-state index contributed by atoms with van der Waals surface area (Å²) in [4.78, 5) is 30.7. The minimum Gasteiger partial charge on any atom is -0.350 e. The molecule has 0 spiro atoms. The van der Waals surface area contributed by atoms with Crippen LogP contribution >= 0.6 is 11.6 Å². The summed E-state index contributed by atoms with van der Waals surface area (Å²) in [5, 5.41) is 7.25. The molecule has 8 nitrogen and oxygen atoms in total. The van der Waals surface area contributed by atoms with Gasteiger partial charge in [0.2, 0.25) is 5.95 Å². The Hall–Kier alpha value is -2.95. The Balaban J connectivity index is 1.37. The van der Waals surface area contributed by atoms with Crippen molar-refractivity contribution in [2.75, 3.05) is 50.7 Å². The molecule has 0 bridgehead atoms. The number of rotatable bonds is 6. The summed E-state index contributed by atoms with van der Waals surface area (Å²) >= 11 is 6.39. The predicted octanol–water partition coefficient (Wildman–Crippen LogP) is 3.29. The van der Waals surface area contributed by atoms with Crippen molar-refractivity contribution in [3.05, 3.63) is 59.0 Å². The van der Waals surface area contributed by atoms with Gasteiger partial charge in [0, 0.05) is 88.2 Å². The van der Waals surface area contributed by atoms with Gasteiger partial charge in [-0.3, -0.25) is 14.7 Å². The number of piperidine rings is 1. The van der Waals surface area contributed by atoms with E-state index in [9.17, 15) is 13.6 Å². The zero-order valence-corrected chi connectivity index (χ0v) is 20.5. The van der Waals surface area contributed by atoms with Gasteiger partial charge in [-0.2, -0.15) is 0 Å². The van der Waals surface area contributed by atoms with Gasteiger partial charge in [0.1, 0.15) is 0 Å². The van der Waals surface area contributed by atoms with E-state index in [1.165, 1.54) is 0 Å². The van der Waals surface area contributed by atoms with Gasteiger partial charge in [-0.25, -0.2) is 18.7 Å². The van der Waals surface area contributed by atoms with Crippen LogP contribution in [-0.4, -0.2) is 77.5 Å². The third-order valence-electron chi connectivity index (χ3n) is 6.83. The molecular weight excluding hydrogens is 488 g/mol. The number of aromatic nitrogens is 3. The predicted molar refractivity (Wildman–Crippen MR) is 135 cm³/mol. The maximum Gasteiger partial charge on any atom is 0.253 e. The summed E-state index contributed by atoms with van der Waals surface area (Å²) in [7, 11) is 0. The molecule has 2 aromatic heterocycles. The summed E-state index contributed by atoms with van der Waals surface area (Å²) in [5.74, 6) is -2.37. The molecular formula is C25H28ClF2N7O. The molecule has 3 aromatic rings. The number of carbonyl (C=O) groups is 1. The molecule has 190 valence electrons. The van der Waals surface area contributed by atoms with Crippen LogP contribution in [0.15, 0.2) is 42.9 Å². The Morgan fingerprint density at radius 1 is 1.08 bits per heavy atom. The Morgan fingerprint density at radius 2 is 1.81 bits per heavy atom. The lowest BCUT2D eigenvalue weighted by Crippen LogP contribution is -2.45. The number of anilines is 1. The van der Waals surface area contributed by atoms with E-state index in [1.807, 2.05) is 4.90 Å². The fourth-order valence-electron chi connectivity index (χ4n) is 4.79. The largest absolute Gasteiger partial charge is 0.350 e. The number of likely N-dealkylation sites (tertiary alicyclic amines) is 1. The topological polar surface area (TPSA) is 86.3 Å².